The molecule has 5 heteroatoms. The van der Waals surface area contributed by atoms with Gasteiger partial charge in [-0.2, -0.15) is 0 Å². The zero-order valence-electron chi connectivity index (χ0n) is 13.7. The molecular weight excluding hydrogens is 262 g/mol. The number of nitrogens with zero attached hydrogens (tertiary/aromatic N) is 3. The molecule has 1 heterocycles. The van der Waals surface area contributed by atoms with Crippen molar-refractivity contribution in [3.8, 4) is 0 Å². The van der Waals surface area contributed by atoms with Crippen LogP contribution in [0.1, 0.15) is 33.4 Å². The van der Waals surface area contributed by atoms with Crippen LogP contribution < -0.4 is 11.1 Å². The van der Waals surface area contributed by atoms with Gasteiger partial charge in [0, 0.05) is 43.5 Å². The molecule has 0 atom stereocenters. The Bertz CT molecular complexity index is 406. The van der Waals surface area contributed by atoms with Crippen molar-refractivity contribution < 1.29 is 0 Å². The number of rotatable bonds is 8. The Labute approximate surface area is 128 Å². The second-order valence-corrected chi connectivity index (χ2v) is 5.69. The summed E-state index contributed by atoms with van der Waals surface area (Å²) in [7, 11) is 0. The number of aliphatic imine (C=N–C) groups is 1. The van der Waals surface area contributed by atoms with E-state index in [0.29, 0.717) is 18.0 Å². The zero-order chi connectivity index (χ0) is 15.7. The van der Waals surface area contributed by atoms with Crippen molar-refractivity contribution in [1.29, 1.82) is 0 Å². The van der Waals surface area contributed by atoms with E-state index in [1.165, 1.54) is 0 Å². The molecule has 0 aliphatic heterocycles. The molecular formula is C16H29N5. The van der Waals surface area contributed by atoms with Crippen molar-refractivity contribution in [3.05, 3.63) is 30.1 Å². The van der Waals surface area contributed by atoms with Crippen LogP contribution in [0.15, 0.2) is 29.4 Å². The van der Waals surface area contributed by atoms with Crippen LogP contribution in [0.5, 0.6) is 0 Å². The molecule has 3 N–H and O–H groups in total. The number of hydrogen-bond acceptors (Lipinski definition) is 3. The van der Waals surface area contributed by atoms with Crippen LogP contribution in [0.2, 0.25) is 0 Å². The highest BCUT2D eigenvalue weighted by molar-refractivity contribution is 5.77. The number of pyridine rings is 1. The number of guanidine groups is 1. The predicted molar refractivity (Wildman–Crippen MR) is 89.4 cm³/mol. The van der Waals surface area contributed by atoms with Gasteiger partial charge in [0.15, 0.2) is 5.96 Å². The molecule has 21 heavy (non-hydrogen) atoms. The summed E-state index contributed by atoms with van der Waals surface area (Å²) in [6.45, 7) is 11.2. The lowest BCUT2D eigenvalue weighted by Crippen LogP contribution is -2.39. The molecule has 0 radical (unpaired) electrons. The Morgan fingerprint density at radius 1 is 1.29 bits per heavy atom. The molecule has 0 aliphatic rings. The average Bonchev–Trinajstić information content (AvgIpc) is 2.44. The van der Waals surface area contributed by atoms with Gasteiger partial charge in [0.25, 0.3) is 0 Å². The Kier molecular flexibility index (Phi) is 7.75. The van der Waals surface area contributed by atoms with Gasteiger partial charge >= 0.3 is 0 Å². The van der Waals surface area contributed by atoms with Gasteiger partial charge in [-0.15, -0.1) is 0 Å². The fourth-order valence-electron chi connectivity index (χ4n) is 2.32. The van der Waals surface area contributed by atoms with E-state index in [4.69, 9.17) is 5.73 Å². The Balaban J connectivity index is 2.27. The van der Waals surface area contributed by atoms with E-state index in [1.54, 1.807) is 6.20 Å². The monoisotopic (exact) mass is 291 g/mol. The fraction of sp³-hybridized carbons (Fsp3) is 0.625. The van der Waals surface area contributed by atoms with Crippen LogP contribution in [0.4, 0.5) is 0 Å². The third kappa shape index (κ3) is 7.09. The summed E-state index contributed by atoms with van der Waals surface area (Å²) in [5.74, 6) is 0.512. The van der Waals surface area contributed by atoms with E-state index in [1.807, 2.05) is 18.2 Å². The molecule has 118 valence electrons. The Hall–Kier alpha value is -1.62. The normalized spacial score (nSPS) is 12.4. The van der Waals surface area contributed by atoms with E-state index < -0.39 is 0 Å². The number of hydrogen-bond donors (Lipinski definition) is 2. The van der Waals surface area contributed by atoms with Crippen LogP contribution in [0.25, 0.3) is 0 Å². The standard InChI is InChI=1S/C16H29N5/c1-13(2)21(14(3)4)12-11-20-16(17)19-10-8-15-7-5-6-9-18-15/h5-7,9,13-14H,8,10-12H2,1-4H3,(H3,17,19,20). The first-order valence-electron chi connectivity index (χ1n) is 7.70. The van der Waals surface area contributed by atoms with E-state index in [9.17, 15) is 0 Å². The van der Waals surface area contributed by atoms with Crippen molar-refractivity contribution in [2.24, 2.45) is 10.7 Å². The minimum atomic E-state index is 0.512. The molecule has 1 aromatic rings. The zero-order valence-corrected chi connectivity index (χ0v) is 13.7. The smallest absolute Gasteiger partial charge is 0.188 e. The topological polar surface area (TPSA) is 66.5 Å². The summed E-state index contributed by atoms with van der Waals surface area (Å²) in [6.07, 6.45) is 2.65. The lowest BCUT2D eigenvalue weighted by atomic mass is 10.2. The molecule has 5 nitrogen and oxygen atoms in total. The molecule has 0 unspecified atom stereocenters. The summed E-state index contributed by atoms with van der Waals surface area (Å²) < 4.78 is 0. The number of nitrogens with two attached hydrogens (primary N) is 1. The second-order valence-electron chi connectivity index (χ2n) is 5.69. The summed E-state index contributed by atoms with van der Waals surface area (Å²) in [4.78, 5) is 11.1. The number of aromatic nitrogens is 1. The lowest BCUT2D eigenvalue weighted by Gasteiger charge is -2.29. The van der Waals surface area contributed by atoms with E-state index >= 15 is 0 Å². The highest BCUT2D eigenvalue weighted by Crippen LogP contribution is 2.03. The first-order valence-corrected chi connectivity index (χ1v) is 7.70. The van der Waals surface area contributed by atoms with Crippen LogP contribution in [-0.2, 0) is 6.42 Å². The molecule has 0 spiro atoms. The molecule has 1 rings (SSSR count). The molecule has 1 aromatic heterocycles. The quantitative estimate of drug-likeness (QED) is 0.564. The fourth-order valence-corrected chi connectivity index (χ4v) is 2.32. The molecule has 0 aromatic carbocycles. The first kappa shape index (κ1) is 17.4. The van der Waals surface area contributed by atoms with Crippen LogP contribution in [-0.4, -0.2) is 47.6 Å². The summed E-state index contributed by atoms with van der Waals surface area (Å²) in [5.41, 5.74) is 6.94. The average molecular weight is 291 g/mol. The Morgan fingerprint density at radius 2 is 2.00 bits per heavy atom. The lowest BCUT2D eigenvalue weighted by molar-refractivity contribution is 0.181. The molecule has 0 saturated carbocycles. The van der Waals surface area contributed by atoms with Gasteiger partial charge in [-0.25, -0.2) is 0 Å². The van der Waals surface area contributed by atoms with Gasteiger partial charge in [0.1, 0.15) is 0 Å². The third-order valence-corrected chi connectivity index (χ3v) is 3.38. The summed E-state index contributed by atoms with van der Waals surface area (Å²) >= 11 is 0. The van der Waals surface area contributed by atoms with E-state index in [-0.39, 0.29) is 0 Å². The minimum Gasteiger partial charge on any atom is -0.370 e. The van der Waals surface area contributed by atoms with Crippen LogP contribution in [0.3, 0.4) is 0 Å². The van der Waals surface area contributed by atoms with Gasteiger partial charge in [-0.05, 0) is 39.8 Å². The second kappa shape index (κ2) is 9.34. The maximum atomic E-state index is 5.88. The van der Waals surface area contributed by atoms with Gasteiger partial charge in [-0.1, -0.05) is 6.07 Å². The maximum Gasteiger partial charge on any atom is 0.188 e. The van der Waals surface area contributed by atoms with E-state index in [2.05, 4.69) is 47.9 Å². The predicted octanol–water partition coefficient (Wildman–Crippen LogP) is 1.65. The SMILES string of the molecule is CC(C)N(CCN=C(N)NCCc1ccccn1)C(C)C. The summed E-state index contributed by atoms with van der Waals surface area (Å²) in [5, 5.41) is 3.13. The van der Waals surface area contributed by atoms with Gasteiger partial charge in [0.05, 0.1) is 6.54 Å². The van der Waals surface area contributed by atoms with Gasteiger partial charge < -0.3 is 11.1 Å². The van der Waals surface area contributed by atoms with Crippen LogP contribution in [0, 0.1) is 0 Å². The Morgan fingerprint density at radius 3 is 2.57 bits per heavy atom. The van der Waals surface area contributed by atoms with Crippen molar-refractivity contribution >= 4 is 5.96 Å². The van der Waals surface area contributed by atoms with Crippen LogP contribution >= 0.6 is 0 Å². The largest absolute Gasteiger partial charge is 0.370 e. The third-order valence-electron chi connectivity index (χ3n) is 3.38. The van der Waals surface area contributed by atoms with Crippen molar-refractivity contribution in [1.82, 2.24) is 15.2 Å². The first-order chi connectivity index (χ1) is 10.0. The van der Waals surface area contributed by atoms with Crippen molar-refractivity contribution in [3.63, 3.8) is 0 Å². The molecule has 0 fully saturated rings. The molecule has 0 bridgehead atoms. The molecule has 0 amide bonds. The molecule has 0 saturated heterocycles. The number of nitrogens with one attached hydrogen (secondary N) is 1. The maximum absolute atomic E-state index is 5.88. The van der Waals surface area contributed by atoms with Crippen molar-refractivity contribution in [2.75, 3.05) is 19.6 Å². The highest BCUT2D eigenvalue weighted by Gasteiger charge is 2.11. The minimum absolute atomic E-state index is 0.512. The summed E-state index contributed by atoms with van der Waals surface area (Å²) in [6, 6.07) is 6.98. The van der Waals surface area contributed by atoms with Gasteiger partial charge in [-0.3, -0.25) is 14.9 Å². The van der Waals surface area contributed by atoms with Crippen molar-refractivity contribution in [2.45, 2.75) is 46.2 Å². The molecule has 0 aliphatic carbocycles. The van der Waals surface area contributed by atoms with Gasteiger partial charge in [0.2, 0.25) is 0 Å². The highest BCUT2D eigenvalue weighted by atomic mass is 15.2. The van der Waals surface area contributed by atoms with E-state index in [0.717, 1.165) is 31.7 Å².